The SMILES string of the molecule is CC1CCCN(S(=O)(=O)c2ccc(NC(=O)c3cc(F)c(F)c(F)c3F)cc2)C1. The van der Waals surface area contributed by atoms with Crippen molar-refractivity contribution >= 4 is 21.6 Å². The number of sulfonamides is 1. The van der Waals surface area contributed by atoms with Crippen molar-refractivity contribution in [1.29, 1.82) is 0 Å². The van der Waals surface area contributed by atoms with Gasteiger partial charge in [0, 0.05) is 18.8 Å². The van der Waals surface area contributed by atoms with E-state index in [1.54, 1.807) is 0 Å². The number of hydrogen-bond acceptors (Lipinski definition) is 3. The number of halogens is 4. The summed E-state index contributed by atoms with van der Waals surface area (Å²) >= 11 is 0. The predicted octanol–water partition coefficient (Wildman–Crippen LogP) is 3.92. The van der Waals surface area contributed by atoms with Crippen molar-refractivity contribution in [3.63, 3.8) is 0 Å². The molecule has 0 spiro atoms. The van der Waals surface area contributed by atoms with Crippen LogP contribution in [0.1, 0.15) is 30.1 Å². The summed E-state index contributed by atoms with van der Waals surface area (Å²) in [6, 6.07) is 5.33. The Morgan fingerprint density at radius 3 is 2.34 bits per heavy atom. The summed E-state index contributed by atoms with van der Waals surface area (Å²) in [6.45, 7) is 2.81. The van der Waals surface area contributed by atoms with E-state index >= 15 is 0 Å². The summed E-state index contributed by atoms with van der Waals surface area (Å²) in [7, 11) is -3.70. The van der Waals surface area contributed by atoms with Crippen molar-refractivity contribution in [1.82, 2.24) is 4.31 Å². The van der Waals surface area contributed by atoms with Crippen molar-refractivity contribution in [2.75, 3.05) is 18.4 Å². The Labute approximate surface area is 165 Å². The van der Waals surface area contributed by atoms with E-state index in [0.717, 1.165) is 12.8 Å². The lowest BCUT2D eigenvalue weighted by Crippen LogP contribution is -2.39. The molecule has 1 aliphatic heterocycles. The van der Waals surface area contributed by atoms with E-state index in [2.05, 4.69) is 5.32 Å². The van der Waals surface area contributed by atoms with Crippen LogP contribution in [0.15, 0.2) is 35.2 Å². The summed E-state index contributed by atoms with van der Waals surface area (Å²) < 4.78 is 80.1. The quantitative estimate of drug-likeness (QED) is 0.454. The molecule has 29 heavy (non-hydrogen) atoms. The highest BCUT2D eigenvalue weighted by Crippen LogP contribution is 2.25. The molecule has 1 saturated heterocycles. The van der Waals surface area contributed by atoms with E-state index in [4.69, 9.17) is 0 Å². The summed E-state index contributed by atoms with van der Waals surface area (Å²) in [5, 5.41) is 2.20. The number of carbonyl (C=O) groups excluding carboxylic acids is 1. The minimum atomic E-state index is -3.70. The van der Waals surface area contributed by atoms with Crippen LogP contribution in [0.2, 0.25) is 0 Å². The molecule has 2 aromatic carbocycles. The van der Waals surface area contributed by atoms with Gasteiger partial charge < -0.3 is 5.32 Å². The first kappa shape index (κ1) is 21.3. The van der Waals surface area contributed by atoms with Gasteiger partial charge >= 0.3 is 0 Å². The van der Waals surface area contributed by atoms with Crippen LogP contribution in [-0.2, 0) is 10.0 Å². The van der Waals surface area contributed by atoms with E-state index < -0.39 is 44.8 Å². The lowest BCUT2D eigenvalue weighted by atomic mass is 10.0. The molecular weight excluding hydrogens is 412 g/mol. The average molecular weight is 430 g/mol. The fourth-order valence-corrected chi connectivity index (χ4v) is 4.76. The van der Waals surface area contributed by atoms with Crippen LogP contribution < -0.4 is 5.32 Å². The minimum absolute atomic E-state index is 0.0228. The Morgan fingerprint density at radius 1 is 1.07 bits per heavy atom. The first-order chi connectivity index (χ1) is 13.6. The molecule has 156 valence electrons. The Morgan fingerprint density at radius 2 is 1.72 bits per heavy atom. The lowest BCUT2D eigenvalue weighted by molar-refractivity contribution is 0.102. The second-order valence-corrected chi connectivity index (χ2v) is 8.87. The predicted molar refractivity (Wildman–Crippen MR) is 97.8 cm³/mol. The maximum atomic E-state index is 13.7. The van der Waals surface area contributed by atoms with E-state index in [0.29, 0.717) is 13.1 Å². The molecule has 1 amide bonds. The van der Waals surface area contributed by atoms with Gasteiger partial charge in [0.15, 0.2) is 23.3 Å². The smallest absolute Gasteiger partial charge is 0.258 e. The fourth-order valence-electron chi connectivity index (χ4n) is 3.16. The molecule has 0 saturated carbocycles. The van der Waals surface area contributed by atoms with Gasteiger partial charge in [-0.05, 0) is 49.1 Å². The molecule has 0 bridgehead atoms. The van der Waals surface area contributed by atoms with Crippen LogP contribution in [0.5, 0.6) is 0 Å². The highest BCUT2D eigenvalue weighted by atomic mass is 32.2. The Hall–Kier alpha value is -2.46. The zero-order chi connectivity index (χ0) is 21.3. The molecule has 10 heteroatoms. The number of hydrogen-bond donors (Lipinski definition) is 1. The zero-order valence-corrected chi connectivity index (χ0v) is 16.2. The van der Waals surface area contributed by atoms with Gasteiger partial charge in [0.1, 0.15) is 0 Å². The molecule has 5 nitrogen and oxygen atoms in total. The summed E-state index contributed by atoms with van der Waals surface area (Å²) in [6.07, 6.45) is 1.73. The third-order valence-corrected chi connectivity index (χ3v) is 6.60. The molecule has 0 aliphatic carbocycles. The lowest BCUT2D eigenvalue weighted by Gasteiger charge is -2.30. The largest absolute Gasteiger partial charge is 0.322 e. The number of anilines is 1. The third kappa shape index (κ3) is 4.27. The molecule has 0 aromatic heterocycles. The number of benzene rings is 2. The van der Waals surface area contributed by atoms with E-state index in [1.807, 2.05) is 6.92 Å². The molecule has 1 heterocycles. The molecule has 1 aliphatic rings. The normalized spacial score (nSPS) is 17.9. The van der Waals surface area contributed by atoms with Gasteiger partial charge in [0.25, 0.3) is 5.91 Å². The van der Waals surface area contributed by atoms with Gasteiger partial charge in [0.05, 0.1) is 10.5 Å². The number of nitrogens with zero attached hydrogens (tertiary/aromatic N) is 1. The van der Waals surface area contributed by atoms with Crippen molar-refractivity contribution in [2.45, 2.75) is 24.7 Å². The van der Waals surface area contributed by atoms with Gasteiger partial charge in [0.2, 0.25) is 10.0 Å². The van der Waals surface area contributed by atoms with Gasteiger partial charge in [-0.3, -0.25) is 4.79 Å². The molecule has 1 N–H and O–H groups in total. The molecule has 0 radical (unpaired) electrons. The van der Waals surface area contributed by atoms with E-state index in [-0.39, 0.29) is 22.6 Å². The molecule has 1 unspecified atom stereocenters. The Kier molecular flexibility index (Phi) is 5.95. The Bertz CT molecular complexity index is 1040. The van der Waals surface area contributed by atoms with Crippen LogP contribution in [0.25, 0.3) is 0 Å². The maximum Gasteiger partial charge on any atom is 0.258 e. The minimum Gasteiger partial charge on any atom is -0.322 e. The molecule has 1 fully saturated rings. The average Bonchev–Trinajstić information content (AvgIpc) is 2.69. The molecule has 3 rings (SSSR count). The van der Waals surface area contributed by atoms with Gasteiger partial charge in [-0.15, -0.1) is 0 Å². The highest BCUT2D eigenvalue weighted by Gasteiger charge is 2.28. The third-order valence-electron chi connectivity index (χ3n) is 4.72. The standard InChI is InChI=1S/C19H18F4N2O3S/c1-11-3-2-8-25(10-11)29(27,28)13-6-4-12(5-7-13)24-19(26)14-9-15(20)17(22)18(23)16(14)21/h4-7,9,11H,2-3,8,10H2,1H3,(H,24,26). The topological polar surface area (TPSA) is 66.5 Å². The first-order valence-corrected chi connectivity index (χ1v) is 10.3. The highest BCUT2D eigenvalue weighted by molar-refractivity contribution is 7.89. The summed E-state index contributed by atoms with van der Waals surface area (Å²) in [5.41, 5.74) is -0.939. The van der Waals surface area contributed by atoms with Crippen LogP contribution in [-0.4, -0.2) is 31.7 Å². The second-order valence-electron chi connectivity index (χ2n) is 6.94. The number of carbonyl (C=O) groups is 1. The number of amides is 1. The van der Waals surface area contributed by atoms with Gasteiger partial charge in [-0.25, -0.2) is 26.0 Å². The molecule has 2 aromatic rings. The van der Waals surface area contributed by atoms with Crippen molar-refractivity contribution < 1.29 is 30.8 Å². The number of rotatable bonds is 4. The van der Waals surface area contributed by atoms with E-state index in [9.17, 15) is 30.8 Å². The molecule has 1 atom stereocenters. The van der Waals surface area contributed by atoms with E-state index in [1.165, 1.54) is 28.6 Å². The second kappa shape index (κ2) is 8.11. The zero-order valence-electron chi connectivity index (χ0n) is 15.4. The Balaban J connectivity index is 1.78. The van der Waals surface area contributed by atoms with Gasteiger partial charge in [-0.2, -0.15) is 4.31 Å². The van der Waals surface area contributed by atoms with Crippen molar-refractivity contribution in [3.8, 4) is 0 Å². The van der Waals surface area contributed by atoms with Crippen LogP contribution >= 0.6 is 0 Å². The van der Waals surface area contributed by atoms with Crippen molar-refractivity contribution in [3.05, 3.63) is 59.2 Å². The maximum absolute atomic E-state index is 13.7. The molecular formula is C19H18F4N2O3S. The number of piperidine rings is 1. The summed E-state index contributed by atoms with van der Waals surface area (Å²) in [4.78, 5) is 12.1. The first-order valence-electron chi connectivity index (χ1n) is 8.86. The fraction of sp³-hybridized carbons (Fsp3) is 0.316. The van der Waals surface area contributed by atoms with Crippen LogP contribution in [0.4, 0.5) is 23.2 Å². The monoisotopic (exact) mass is 430 g/mol. The number of nitrogens with one attached hydrogen (secondary N) is 1. The summed E-state index contributed by atoms with van der Waals surface area (Å²) in [5.74, 6) is -8.58. The van der Waals surface area contributed by atoms with Crippen LogP contribution in [0, 0.1) is 29.2 Å². The van der Waals surface area contributed by atoms with Crippen molar-refractivity contribution in [2.24, 2.45) is 5.92 Å². The van der Waals surface area contributed by atoms with Gasteiger partial charge in [-0.1, -0.05) is 6.92 Å². The van der Waals surface area contributed by atoms with Crippen LogP contribution in [0.3, 0.4) is 0 Å².